The lowest BCUT2D eigenvalue weighted by atomic mass is 10.1. The largest absolute Gasteiger partial charge is 0.328 e. The summed E-state index contributed by atoms with van der Waals surface area (Å²) in [6.07, 6.45) is 5.51. The van der Waals surface area contributed by atoms with E-state index in [1.165, 1.54) is 35.9 Å². The predicted octanol–water partition coefficient (Wildman–Crippen LogP) is 5.20. The van der Waals surface area contributed by atoms with E-state index >= 15 is 0 Å². The number of carbonyl (C=O) groups excluding carboxylic acids is 1. The number of nitrogens with one attached hydrogen (secondary N) is 1. The molecule has 1 amide bonds. The molecule has 0 radical (unpaired) electrons. The van der Waals surface area contributed by atoms with Crippen LogP contribution in [0.5, 0.6) is 0 Å². The van der Waals surface area contributed by atoms with Crippen molar-refractivity contribution in [3.63, 3.8) is 0 Å². The quantitative estimate of drug-likeness (QED) is 0.374. The molecule has 1 N–H and O–H groups in total. The van der Waals surface area contributed by atoms with E-state index in [9.17, 15) is 4.79 Å². The molecule has 34 heavy (non-hydrogen) atoms. The number of hydrogen-bond acceptors (Lipinski definition) is 5. The Morgan fingerprint density at radius 2 is 1.91 bits per heavy atom. The Morgan fingerprint density at radius 3 is 2.71 bits per heavy atom. The molecule has 1 aliphatic heterocycles. The summed E-state index contributed by atoms with van der Waals surface area (Å²) in [7, 11) is 0. The van der Waals surface area contributed by atoms with Crippen molar-refractivity contribution in [3.05, 3.63) is 66.0 Å². The molecule has 0 bridgehead atoms. The minimum Gasteiger partial charge on any atom is -0.328 e. The monoisotopic (exact) mass is 472 g/mol. The van der Waals surface area contributed by atoms with Gasteiger partial charge in [-0.25, -0.2) is 4.98 Å². The van der Waals surface area contributed by atoms with Gasteiger partial charge in [-0.15, -0.1) is 10.2 Å². The average Bonchev–Trinajstić information content (AvgIpc) is 3.47. The van der Waals surface area contributed by atoms with E-state index in [1.54, 1.807) is 0 Å². The second kappa shape index (κ2) is 9.85. The minimum atomic E-state index is -0.0706. The Balaban J connectivity index is 1.22. The zero-order chi connectivity index (χ0) is 23.5. The fourth-order valence-electron chi connectivity index (χ4n) is 4.37. The van der Waals surface area contributed by atoms with Gasteiger partial charge < -0.3 is 14.5 Å². The average molecular weight is 473 g/mol. The molecule has 3 heterocycles. The summed E-state index contributed by atoms with van der Waals surface area (Å²) in [5, 5.41) is 12.4. The predicted molar refractivity (Wildman–Crippen MR) is 136 cm³/mol. The molecule has 4 aromatic rings. The Bertz CT molecular complexity index is 1310. The summed E-state index contributed by atoms with van der Waals surface area (Å²) in [5.41, 5.74) is 5.36. The molecule has 5 rings (SSSR count). The molecule has 0 unspecified atom stereocenters. The van der Waals surface area contributed by atoms with Gasteiger partial charge in [0.05, 0.1) is 5.75 Å². The SMILES string of the molecule is CCn1c(SCC(=O)Nc2ccc(-c3ncc4n3CCCC4)cc2)nnc1-c1cccc(C)c1. The highest BCUT2D eigenvalue weighted by Crippen LogP contribution is 2.27. The van der Waals surface area contributed by atoms with Gasteiger partial charge in [0.1, 0.15) is 5.82 Å². The third kappa shape index (κ3) is 4.63. The van der Waals surface area contributed by atoms with E-state index in [0.29, 0.717) is 0 Å². The van der Waals surface area contributed by atoms with Crippen molar-refractivity contribution < 1.29 is 4.79 Å². The summed E-state index contributed by atoms with van der Waals surface area (Å²) in [4.78, 5) is 17.2. The highest BCUT2D eigenvalue weighted by Gasteiger charge is 2.16. The van der Waals surface area contributed by atoms with E-state index in [4.69, 9.17) is 0 Å². The molecule has 2 aromatic heterocycles. The number of fused-ring (bicyclic) bond motifs is 1. The number of benzene rings is 2. The van der Waals surface area contributed by atoms with E-state index < -0.39 is 0 Å². The number of amides is 1. The maximum Gasteiger partial charge on any atom is 0.234 e. The topological polar surface area (TPSA) is 77.6 Å². The summed E-state index contributed by atoms with van der Waals surface area (Å²) in [6.45, 7) is 5.88. The maximum absolute atomic E-state index is 12.6. The van der Waals surface area contributed by atoms with Crippen LogP contribution >= 0.6 is 11.8 Å². The first-order valence-corrected chi connectivity index (χ1v) is 12.7. The fourth-order valence-corrected chi connectivity index (χ4v) is 5.18. The zero-order valence-electron chi connectivity index (χ0n) is 19.5. The number of carbonyl (C=O) groups is 1. The first-order valence-electron chi connectivity index (χ1n) is 11.7. The smallest absolute Gasteiger partial charge is 0.234 e. The Labute approximate surface area is 203 Å². The number of nitrogens with zero attached hydrogens (tertiary/aromatic N) is 5. The number of rotatable bonds is 7. The first kappa shape index (κ1) is 22.4. The van der Waals surface area contributed by atoms with Gasteiger partial charge in [0.25, 0.3) is 0 Å². The van der Waals surface area contributed by atoms with E-state index in [2.05, 4.69) is 51.0 Å². The molecule has 7 nitrogen and oxygen atoms in total. The van der Waals surface area contributed by atoms with Gasteiger partial charge in [-0.2, -0.15) is 0 Å². The zero-order valence-corrected chi connectivity index (χ0v) is 20.3. The van der Waals surface area contributed by atoms with Crippen LogP contribution in [0.4, 0.5) is 5.69 Å². The molecule has 2 aromatic carbocycles. The summed E-state index contributed by atoms with van der Waals surface area (Å²) >= 11 is 1.40. The highest BCUT2D eigenvalue weighted by molar-refractivity contribution is 7.99. The van der Waals surface area contributed by atoms with Crippen molar-refractivity contribution in [1.29, 1.82) is 0 Å². The van der Waals surface area contributed by atoms with Gasteiger partial charge in [-0.3, -0.25) is 4.79 Å². The third-order valence-corrected chi connectivity index (χ3v) is 7.04. The van der Waals surface area contributed by atoms with Crippen LogP contribution in [0.2, 0.25) is 0 Å². The number of thioether (sulfide) groups is 1. The minimum absolute atomic E-state index is 0.0706. The maximum atomic E-state index is 12.6. The van der Waals surface area contributed by atoms with Crippen LogP contribution in [0.15, 0.2) is 59.9 Å². The number of hydrogen-bond donors (Lipinski definition) is 1. The van der Waals surface area contributed by atoms with Crippen LogP contribution in [0, 0.1) is 6.92 Å². The molecule has 0 aliphatic carbocycles. The molecule has 8 heteroatoms. The molecule has 0 spiro atoms. The van der Waals surface area contributed by atoms with Crippen LogP contribution in [0.1, 0.15) is 31.0 Å². The van der Waals surface area contributed by atoms with Gasteiger partial charge in [-0.05, 0) is 63.4 Å². The lowest BCUT2D eigenvalue weighted by Crippen LogP contribution is -2.14. The lowest BCUT2D eigenvalue weighted by Gasteiger charge is -2.16. The molecular formula is C26H28N6OS. The van der Waals surface area contributed by atoms with Crippen molar-refractivity contribution in [2.24, 2.45) is 0 Å². The fraction of sp³-hybridized carbons (Fsp3) is 0.308. The molecule has 1 aliphatic rings. The molecule has 174 valence electrons. The van der Waals surface area contributed by atoms with Crippen LogP contribution in [0.3, 0.4) is 0 Å². The molecule has 0 atom stereocenters. The van der Waals surface area contributed by atoms with Crippen molar-refractivity contribution in [1.82, 2.24) is 24.3 Å². The van der Waals surface area contributed by atoms with Crippen molar-refractivity contribution >= 4 is 23.4 Å². The van der Waals surface area contributed by atoms with E-state index in [1.807, 2.05) is 47.2 Å². The van der Waals surface area contributed by atoms with Crippen LogP contribution in [-0.2, 0) is 24.3 Å². The third-order valence-electron chi connectivity index (χ3n) is 6.07. The van der Waals surface area contributed by atoms with Gasteiger partial charge in [0, 0.05) is 41.8 Å². The normalized spacial score (nSPS) is 13.0. The van der Waals surface area contributed by atoms with E-state index in [0.717, 1.165) is 53.1 Å². The second-order valence-corrected chi connectivity index (χ2v) is 9.46. The molecular weight excluding hydrogens is 444 g/mol. The summed E-state index contributed by atoms with van der Waals surface area (Å²) in [5.74, 6) is 2.03. The number of aromatic nitrogens is 5. The van der Waals surface area contributed by atoms with Crippen molar-refractivity contribution in [2.75, 3.05) is 11.1 Å². The van der Waals surface area contributed by atoms with Gasteiger partial charge >= 0.3 is 0 Å². The Hall–Kier alpha value is -3.39. The van der Waals surface area contributed by atoms with Crippen molar-refractivity contribution in [3.8, 4) is 22.8 Å². The van der Waals surface area contributed by atoms with Crippen molar-refractivity contribution in [2.45, 2.75) is 51.4 Å². The number of aryl methyl sites for hydroxylation is 2. The second-order valence-electron chi connectivity index (χ2n) is 8.52. The Kier molecular flexibility index (Phi) is 6.49. The number of imidazole rings is 1. The molecule has 0 saturated carbocycles. The number of anilines is 1. The standard InChI is InChI=1S/C26H28N6OS/c1-3-31-25(20-8-6-7-18(2)15-20)29-30-26(31)34-17-23(33)28-21-12-10-19(11-13-21)24-27-16-22-9-4-5-14-32(22)24/h6-8,10-13,15-16H,3-5,9,14,17H2,1-2H3,(H,28,33). The first-order chi connectivity index (χ1) is 16.6. The van der Waals surface area contributed by atoms with E-state index in [-0.39, 0.29) is 11.7 Å². The summed E-state index contributed by atoms with van der Waals surface area (Å²) in [6, 6.07) is 16.1. The summed E-state index contributed by atoms with van der Waals surface area (Å²) < 4.78 is 4.36. The van der Waals surface area contributed by atoms with Gasteiger partial charge in [0.15, 0.2) is 11.0 Å². The Morgan fingerprint density at radius 1 is 1.06 bits per heavy atom. The lowest BCUT2D eigenvalue weighted by molar-refractivity contribution is -0.113. The van der Waals surface area contributed by atoms with Gasteiger partial charge in [-0.1, -0.05) is 35.5 Å². The van der Waals surface area contributed by atoms with Crippen LogP contribution in [-0.4, -0.2) is 36.0 Å². The van der Waals surface area contributed by atoms with Gasteiger partial charge in [0.2, 0.25) is 5.91 Å². The van der Waals surface area contributed by atoms with Crippen LogP contribution in [0.25, 0.3) is 22.8 Å². The molecule has 0 fully saturated rings. The highest BCUT2D eigenvalue weighted by atomic mass is 32.2. The molecule has 0 saturated heterocycles. The van der Waals surface area contributed by atoms with Crippen LogP contribution < -0.4 is 5.32 Å².